The number of rotatable bonds is 2. The first kappa shape index (κ1) is 13.1. The Bertz CT molecular complexity index is 635. The summed E-state index contributed by atoms with van der Waals surface area (Å²) in [7, 11) is 0. The fourth-order valence-corrected chi connectivity index (χ4v) is 2.56. The van der Waals surface area contributed by atoms with Gasteiger partial charge >= 0.3 is 0 Å². The second-order valence-corrected chi connectivity index (χ2v) is 4.82. The molecule has 1 fully saturated rings. The Balaban J connectivity index is 2.11. The monoisotopic (exact) mass is 277 g/mol. The average Bonchev–Trinajstić information content (AvgIpc) is 2.47. The number of nitrogen functional groups attached to an aromatic ring is 1. The molecule has 5 nitrogen and oxygen atoms in total. The lowest BCUT2D eigenvalue weighted by Crippen LogP contribution is -2.44. The third kappa shape index (κ3) is 2.17. The van der Waals surface area contributed by atoms with E-state index in [0.717, 1.165) is 5.39 Å². The molecule has 3 N–H and O–H groups in total. The minimum absolute atomic E-state index is 0.0849. The molecule has 20 heavy (non-hydrogen) atoms. The van der Waals surface area contributed by atoms with Gasteiger partial charge in [-0.3, -0.25) is 4.98 Å². The van der Waals surface area contributed by atoms with Gasteiger partial charge in [0, 0.05) is 30.4 Å². The highest BCUT2D eigenvalue weighted by atomic mass is 19.1. The Morgan fingerprint density at radius 2 is 2.40 bits per heavy atom. The maximum Gasteiger partial charge on any atom is 0.150 e. The number of fused-ring (bicyclic) bond motifs is 1. The molecule has 1 unspecified atom stereocenters. The van der Waals surface area contributed by atoms with E-state index in [0.29, 0.717) is 36.6 Å². The summed E-state index contributed by atoms with van der Waals surface area (Å²) < 4.78 is 19.7. The van der Waals surface area contributed by atoms with Gasteiger partial charge in [0.25, 0.3) is 0 Å². The summed E-state index contributed by atoms with van der Waals surface area (Å²) in [6.07, 6.45) is 1.31. The molecule has 1 aromatic carbocycles. The van der Waals surface area contributed by atoms with Crippen LogP contribution in [-0.2, 0) is 4.74 Å². The van der Waals surface area contributed by atoms with Gasteiger partial charge in [0.15, 0.2) is 5.82 Å². The molecule has 1 atom stereocenters. The summed E-state index contributed by atoms with van der Waals surface area (Å²) >= 11 is 0. The Labute approximate surface area is 115 Å². The van der Waals surface area contributed by atoms with E-state index in [1.54, 1.807) is 12.3 Å². The van der Waals surface area contributed by atoms with Crippen molar-refractivity contribution in [3.05, 3.63) is 30.2 Å². The Hall–Kier alpha value is -1.92. The normalized spacial score (nSPS) is 19.5. The van der Waals surface area contributed by atoms with Crippen LogP contribution in [0, 0.1) is 5.82 Å². The van der Waals surface area contributed by atoms with Gasteiger partial charge in [-0.25, -0.2) is 4.39 Å². The predicted octanol–water partition coefficient (Wildman–Crippen LogP) is 1.15. The van der Waals surface area contributed by atoms with Crippen LogP contribution in [0.4, 0.5) is 15.8 Å². The van der Waals surface area contributed by atoms with Gasteiger partial charge in [0.1, 0.15) is 0 Å². The van der Waals surface area contributed by atoms with Crippen LogP contribution in [0.3, 0.4) is 0 Å². The summed E-state index contributed by atoms with van der Waals surface area (Å²) in [5.41, 5.74) is 7.19. The predicted molar refractivity (Wildman–Crippen MR) is 75.2 cm³/mol. The first-order chi connectivity index (χ1) is 9.70. The zero-order chi connectivity index (χ0) is 14.1. The first-order valence-corrected chi connectivity index (χ1v) is 6.51. The highest BCUT2D eigenvalue weighted by Gasteiger charge is 2.24. The molecule has 1 aliphatic heterocycles. The highest BCUT2D eigenvalue weighted by molar-refractivity contribution is 5.98. The fraction of sp³-hybridized carbons (Fsp3) is 0.357. The maximum atomic E-state index is 14.3. The molecule has 2 heterocycles. The van der Waals surface area contributed by atoms with E-state index in [1.165, 1.54) is 6.07 Å². The van der Waals surface area contributed by atoms with E-state index in [-0.39, 0.29) is 12.7 Å². The Morgan fingerprint density at radius 3 is 3.20 bits per heavy atom. The lowest BCUT2D eigenvalue weighted by molar-refractivity contribution is 0.00347. The number of halogens is 1. The second kappa shape index (κ2) is 5.22. The van der Waals surface area contributed by atoms with Gasteiger partial charge in [0.2, 0.25) is 0 Å². The SMILES string of the molecule is Nc1cc(F)c(N2CCOC(CO)C2)c2ncccc12. The van der Waals surface area contributed by atoms with Gasteiger partial charge in [-0.15, -0.1) is 0 Å². The topological polar surface area (TPSA) is 71.6 Å². The average molecular weight is 277 g/mol. The Morgan fingerprint density at radius 1 is 1.55 bits per heavy atom. The molecule has 1 saturated heterocycles. The fourth-order valence-electron chi connectivity index (χ4n) is 2.56. The number of aliphatic hydroxyl groups is 1. The van der Waals surface area contributed by atoms with E-state index >= 15 is 0 Å². The van der Waals surface area contributed by atoms with Gasteiger partial charge in [-0.05, 0) is 18.2 Å². The molecule has 0 saturated carbocycles. The van der Waals surface area contributed by atoms with Crippen molar-refractivity contribution in [1.82, 2.24) is 4.98 Å². The molecule has 1 aliphatic rings. The van der Waals surface area contributed by atoms with E-state index in [9.17, 15) is 9.50 Å². The lowest BCUT2D eigenvalue weighted by Gasteiger charge is -2.34. The summed E-state index contributed by atoms with van der Waals surface area (Å²) in [5.74, 6) is -0.396. The zero-order valence-electron chi connectivity index (χ0n) is 10.9. The molecule has 0 bridgehead atoms. The molecule has 106 valence electrons. The first-order valence-electron chi connectivity index (χ1n) is 6.51. The van der Waals surface area contributed by atoms with Crippen LogP contribution in [0.5, 0.6) is 0 Å². The van der Waals surface area contributed by atoms with Crippen LogP contribution in [-0.4, -0.2) is 42.5 Å². The summed E-state index contributed by atoms with van der Waals surface area (Å²) in [5, 5.41) is 9.93. The molecule has 0 aliphatic carbocycles. The number of benzene rings is 1. The number of anilines is 2. The number of morpholine rings is 1. The van der Waals surface area contributed by atoms with Crippen molar-refractivity contribution in [2.75, 3.05) is 36.9 Å². The van der Waals surface area contributed by atoms with Crippen LogP contribution in [0.25, 0.3) is 10.9 Å². The smallest absolute Gasteiger partial charge is 0.150 e. The van der Waals surface area contributed by atoms with Gasteiger partial charge in [0.05, 0.1) is 30.5 Å². The third-order valence-corrected chi connectivity index (χ3v) is 3.51. The van der Waals surface area contributed by atoms with Crippen LogP contribution in [0.15, 0.2) is 24.4 Å². The van der Waals surface area contributed by atoms with Crippen molar-refractivity contribution in [1.29, 1.82) is 0 Å². The summed E-state index contributed by atoms with van der Waals surface area (Å²) in [4.78, 5) is 6.12. The number of nitrogens with zero attached hydrogens (tertiary/aromatic N) is 2. The Kier molecular flexibility index (Phi) is 3.42. The maximum absolute atomic E-state index is 14.3. The lowest BCUT2D eigenvalue weighted by atomic mass is 10.1. The highest BCUT2D eigenvalue weighted by Crippen LogP contribution is 2.33. The molecule has 0 radical (unpaired) electrons. The quantitative estimate of drug-likeness (QED) is 0.806. The van der Waals surface area contributed by atoms with E-state index in [1.807, 2.05) is 11.0 Å². The number of aliphatic hydroxyl groups excluding tert-OH is 1. The van der Waals surface area contributed by atoms with Gasteiger partial charge < -0.3 is 20.5 Å². The van der Waals surface area contributed by atoms with E-state index in [2.05, 4.69) is 4.98 Å². The van der Waals surface area contributed by atoms with Crippen LogP contribution in [0.1, 0.15) is 0 Å². The van der Waals surface area contributed by atoms with Crippen molar-refractivity contribution >= 4 is 22.3 Å². The third-order valence-electron chi connectivity index (χ3n) is 3.51. The standard InChI is InChI=1S/C14H16FN3O2/c15-11-6-12(16)10-2-1-3-17-13(10)14(11)18-4-5-20-9(7-18)8-19/h1-3,6,9,19H,4-5,7-8,16H2. The van der Waals surface area contributed by atoms with Gasteiger partial charge in [-0.2, -0.15) is 0 Å². The number of hydrogen-bond acceptors (Lipinski definition) is 5. The molecule has 0 spiro atoms. The minimum Gasteiger partial charge on any atom is -0.398 e. The molecule has 1 aromatic heterocycles. The number of ether oxygens (including phenoxy) is 1. The molecular formula is C14H16FN3O2. The van der Waals surface area contributed by atoms with Crippen molar-refractivity contribution in [2.24, 2.45) is 0 Å². The van der Waals surface area contributed by atoms with Crippen LogP contribution >= 0.6 is 0 Å². The zero-order valence-corrected chi connectivity index (χ0v) is 10.9. The van der Waals surface area contributed by atoms with E-state index < -0.39 is 5.82 Å². The minimum atomic E-state index is -0.396. The second-order valence-electron chi connectivity index (χ2n) is 4.82. The molecule has 0 amide bonds. The molecular weight excluding hydrogens is 261 g/mol. The number of pyridine rings is 1. The van der Waals surface area contributed by atoms with Crippen molar-refractivity contribution < 1.29 is 14.2 Å². The van der Waals surface area contributed by atoms with Crippen LogP contribution < -0.4 is 10.6 Å². The largest absolute Gasteiger partial charge is 0.398 e. The van der Waals surface area contributed by atoms with Crippen molar-refractivity contribution in [2.45, 2.75) is 6.10 Å². The number of hydrogen-bond donors (Lipinski definition) is 2. The summed E-state index contributed by atoms with van der Waals surface area (Å²) in [6.45, 7) is 1.36. The number of nitrogens with two attached hydrogens (primary N) is 1. The molecule has 6 heteroatoms. The van der Waals surface area contributed by atoms with Gasteiger partial charge in [-0.1, -0.05) is 0 Å². The van der Waals surface area contributed by atoms with Crippen LogP contribution in [0.2, 0.25) is 0 Å². The van der Waals surface area contributed by atoms with E-state index in [4.69, 9.17) is 10.5 Å². The number of aromatic nitrogens is 1. The van der Waals surface area contributed by atoms with Crippen molar-refractivity contribution in [3.63, 3.8) is 0 Å². The molecule has 3 rings (SSSR count). The molecule has 2 aromatic rings. The van der Waals surface area contributed by atoms with Crippen molar-refractivity contribution in [3.8, 4) is 0 Å². The summed E-state index contributed by atoms with van der Waals surface area (Å²) in [6, 6.07) is 4.92.